The van der Waals surface area contributed by atoms with Crippen molar-refractivity contribution in [3.63, 3.8) is 0 Å². The molecule has 0 radical (unpaired) electrons. The van der Waals surface area contributed by atoms with Gasteiger partial charge >= 0.3 is 0 Å². The zero-order chi connectivity index (χ0) is 14.7. The van der Waals surface area contributed by atoms with Gasteiger partial charge in [0.25, 0.3) is 5.56 Å². The van der Waals surface area contributed by atoms with Gasteiger partial charge in [0.05, 0.1) is 17.0 Å². The molecule has 1 amide bonds. The number of hydrogen-bond acceptors (Lipinski definition) is 2. The Kier molecular flexibility index (Phi) is 4.81. The van der Waals surface area contributed by atoms with E-state index in [2.05, 4.69) is 5.32 Å². The number of halogens is 2. The third-order valence-corrected chi connectivity index (χ3v) is 4.11. The van der Waals surface area contributed by atoms with Crippen LogP contribution in [0.25, 0.3) is 0 Å². The van der Waals surface area contributed by atoms with Gasteiger partial charge in [-0.15, -0.1) is 11.6 Å². The Bertz CT molecular complexity index is 546. The zero-order valence-electron chi connectivity index (χ0n) is 11.3. The lowest BCUT2D eigenvalue weighted by atomic mass is 9.86. The first kappa shape index (κ1) is 15.0. The summed E-state index contributed by atoms with van der Waals surface area (Å²) >= 11 is 5.88. The van der Waals surface area contributed by atoms with Gasteiger partial charge in [-0.1, -0.05) is 6.42 Å². The smallest absolute Gasteiger partial charge is 0.250 e. The van der Waals surface area contributed by atoms with Crippen molar-refractivity contribution in [1.29, 1.82) is 0 Å². The van der Waals surface area contributed by atoms with Crippen molar-refractivity contribution in [2.75, 3.05) is 5.32 Å². The lowest BCUT2D eigenvalue weighted by Gasteiger charge is -2.28. The molecular formula is C14H18ClFN2O2. The van der Waals surface area contributed by atoms with Crippen molar-refractivity contribution < 1.29 is 9.18 Å². The molecule has 0 aromatic carbocycles. The Hall–Kier alpha value is -1.36. The highest BCUT2D eigenvalue weighted by molar-refractivity contribution is 6.21. The van der Waals surface area contributed by atoms with E-state index in [1.165, 1.54) is 16.7 Å². The van der Waals surface area contributed by atoms with E-state index in [0.29, 0.717) is 25.1 Å². The van der Waals surface area contributed by atoms with Crippen LogP contribution in [-0.4, -0.2) is 22.0 Å². The molecule has 110 valence electrons. The van der Waals surface area contributed by atoms with E-state index in [4.69, 9.17) is 11.6 Å². The van der Waals surface area contributed by atoms with Crippen molar-refractivity contribution in [3.05, 3.63) is 28.7 Å². The molecule has 20 heavy (non-hydrogen) atoms. The predicted molar refractivity (Wildman–Crippen MR) is 76.9 cm³/mol. The summed E-state index contributed by atoms with van der Waals surface area (Å²) in [6, 6.07) is 2.91. The Labute approximate surface area is 121 Å². The molecule has 1 fully saturated rings. The number of nitrogens with zero attached hydrogens (tertiary/aromatic N) is 1. The predicted octanol–water partition coefficient (Wildman–Crippen LogP) is 2.55. The Balaban J connectivity index is 2.09. The minimum Gasteiger partial charge on any atom is -0.324 e. The fourth-order valence-electron chi connectivity index (χ4n) is 2.47. The molecule has 3 unspecified atom stereocenters. The number of carbonyl (C=O) groups is 1. The van der Waals surface area contributed by atoms with Crippen LogP contribution in [0, 0.1) is 5.92 Å². The maximum Gasteiger partial charge on any atom is 0.250 e. The van der Waals surface area contributed by atoms with Gasteiger partial charge in [-0.3, -0.25) is 9.59 Å². The van der Waals surface area contributed by atoms with E-state index >= 15 is 0 Å². The molecule has 0 aliphatic heterocycles. The topological polar surface area (TPSA) is 51.1 Å². The molecule has 2 rings (SSSR count). The van der Waals surface area contributed by atoms with Crippen molar-refractivity contribution in [2.45, 2.75) is 44.3 Å². The van der Waals surface area contributed by atoms with Crippen LogP contribution in [-0.2, 0) is 11.3 Å². The molecule has 0 bridgehead atoms. The SMILES string of the molecule is CCn1cc(NC(=O)C2CCCC(Cl)C2F)ccc1=O. The van der Waals surface area contributed by atoms with Gasteiger partial charge in [-0.25, -0.2) is 4.39 Å². The second kappa shape index (κ2) is 6.39. The van der Waals surface area contributed by atoms with Crippen LogP contribution in [0.3, 0.4) is 0 Å². The summed E-state index contributed by atoms with van der Waals surface area (Å²) in [5, 5.41) is 2.07. The number of aromatic nitrogens is 1. The largest absolute Gasteiger partial charge is 0.324 e. The number of carbonyl (C=O) groups excluding carboxylic acids is 1. The molecule has 1 aromatic rings. The van der Waals surface area contributed by atoms with Crippen LogP contribution in [0.5, 0.6) is 0 Å². The molecule has 1 aliphatic rings. The summed E-state index contributed by atoms with van der Waals surface area (Å²) in [6.45, 7) is 2.35. The molecule has 3 atom stereocenters. The first-order chi connectivity index (χ1) is 9.52. The van der Waals surface area contributed by atoms with Gasteiger partial charge in [-0.2, -0.15) is 0 Å². The normalized spacial score (nSPS) is 26.2. The number of aryl methyl sites for hydroxylation is 1. The van der Waals surface area contributed by atoms with Crippen molar-refractivity contribution in [1.82, 2.24) is 4.57 Å². The van der Waals surface area contributed by atoms with E-state index < -0.39 is 17.5 Å². The van der Waals surface area contributed by atoms with E-state index in [1.54, 1.807) is 6.20 Å². The quantitative estimate of drug-likeness (QED) is 0.872. The minimum absolute atomic E-state index is 0.132. The number of hydrogen-bond donors (Lipinski definition) is 1. The van der Waals surface area contributed by atoms with Gasteiger partial charge in [0.1, 0.15) is 6.17 Å². The number of rotatable bonds is 3. The van der Waals surface area contributed by atoms with E-state index in [1.807, 2.05) is 6.92 Å². The number of anilines is 1. The molecule has 1 heterocycles. The maximum atomic E-state index is 14.0. The summed E-state index contributed by atoms with van der Waals surface area (Å²) in [5.41, 5.74) is 0.368. The van der Waals surface area contributed by atoms with Crippen LogP contribution in [0.1, 0.15) is 26.2 Å². The minimum atomic E-state index is -1.32. The van der Waals surface area contributed by atoms with E-state index in [-0.39, 0.29) is 11.5 Å². The Morgan fingerprint density at radius 3 is 2.95 bits per heavy atom. The third-order valence-electron chi connectivity index (χ3n) is 3.65. The molecule has 6 heteroatoms. The summed E-state index contributed by atoms with van der Waals surface area (Å²) in [6.07, 6.45) is 2.11. The van der Waals surface area contributed by atoms with Crippen molar-refractivity contribution >= 4 is 23.2 Å². The number of alkyl halides is 2. The van der Waals surface area contributed by atoms with Crippen molar-refractivity contribution in [3.8, 4) is 0 Å². The van der Waals surface area contributed by atoms with Crippen LogP contribution < -0.4 is 10.9 Å². The van der Waals surface area contributed by atoms with Gasteiger partial charge in [0.15, 0.2) is 0 Å². The first-order valence-electron chi connectivity index (χ1n) is 6.82. The van der Waals surface area contributed by atoms with Crippen LogP contribution in [0.4, 0.5) is 10.1 Å². The highest BCUT2D eigenvalue weighted by Gasteiger charge is 2.36. The molecule has 0 spiro atoms. The second-order valence-electron chi connectivity index (χ2n) is 5.03. The number of amides is 1. The average molecular weight is 301 g/mol. The molecular weight excluding hydrogens is 283 g/mol. The monoisotopic (exact) mass is 300 g/mol. The first-order valence-corrected chi connectivity index (χ1v) is 7.26. The molecule has 1 N–H and O–H groups in total. The summed E-state index contributed by atoms with van der Waals surface area (Å²) < 4.78 is 15.4. The number of pyridine rings is 1. The Morgan fingerprint density at radius 1 is 1.50 bits per heavy atom. The maximum absolute atomic E-state index is 14.0. The van der Waals surface area contributed by atoms with Gasteiger partial charge in [0.2, 0.25) is 5.91 Å². The lowest BCUT2D eigenvalue weighted by Crippen LogP contribution is -2.38. The third kappa shape index (κ3) is 3.20. The molecule has 1 saturated carbocycles. The number of nitrogens with one attached hydrogen (secondary N) is 1. The van der Waals surface area contributed by atoms with E-state index in [9.17, 15) is 14.0 Å². The molecule has 4 nitrogen and oxygen atoms in total. The molecule has 1 aromatic heterocycles. The van der Waals surface area contributed by atoms with Crippen LogP contribution in [0.2, 0.25) is 0 Å². The second-order valence-corrected chi connectivity index (χ2v) is 5.59. The zero-order valence-corrected chi connectivity index (χ0v) is 12.1. The fourth-order valence-corrected chi connectivity index (χ4v) is 2.80. The summed E-state index contributed by atoms with van der Waals surface area (Å²) in [5.74, 6) is -1.09. The Morgan fingerprint density at radius 2 is 2.25 bits per heavy atom. The standard InChI is InChI=1S/C14H18ClFN2O2/c1-2-18-8-9(6-7-12(18)19)17-14(20)10-4-3-5-11(15)13(10)16/h6-8,10-11,13H,2-5H2,1H3,(H,17,20). The molecule has 0 saturated heterocycles. The van der Waals surface area contributed by atoms with E-state index in [0.717, 1.165) is 6.42 Å². The average Bonchev–Trinajstić information content (AvgIpc) is 2.43. The summed E-state index contributed by atoms with van der Waals surface area (Å²) in [7, 11) is 0. The highest BCUT2D eigenvalue weighted by Crippen LogP contribution is 2.31. The van der Waals surface area contributed by atoms with Gasteiger partial charge in [0, 0.05) is 18.8 Å². The van der Waals surface area contributed by atoms with Crippen molar-refractivity contribution in [2.24, 2.45) is 5.92 Å². The highest BCUT2D eigenvalue weighted by atomic mass is 35.5. The van der Waals surface area contributed by atoms with Gasteiger partial charge < -0.3 is 9.88 Å². The van der Waals surface area contributed by atoms with Crippen LogP contribution in [0.15, 0.2) is 23.1 Å². The van der Waals surface area contributed by atoms with Gasteiger partial charge in [-0.05, 0) is 25.8 Å². The fraction of sp³-hybridized carbons (Fsp3) is 0.571. The van der Waals surface area contributed by atoms with Crippen LogP contribution >= 0.6 is 11.6 Å². The molecule has 1 aliphatic carbocycles. The lowest BCUT2D eigenvalue weighted by molar-refractivity contribution is -0.122. The summed E-state index contributed by atoms with van der Waals surface area (Å²) in [4.78, 5) is 23.6.